The molecule has 0 bridgehead atoms. The second-order valence-electron chi connectivity index (χ2n) is 6.61. The van der Waals surface area contributed by atoms with Gasteiger partial charge in [-0.3, -0.25) is 0 Å². The second-order valence-corrected chi connectivity index (χ2v) is 8.82. The van der Waals surface area contributed by atoms with Crippen LogP contribution in [0.3, 0.4) is 0 Å². The number of rotatable bonds is 6. The first kappa shape index (κ1) is 23.6. The normalized spacial score (nSPS) is 22.4. The van der Waals surface area contributed by atoms with Crippen molar-refractivity contribution in [3.05, 3.63) is 42.0 Å². The van der Waals surface area contributed by atoms with E-state index in [1.165, 1.54) is 6.08 Å². The lowest BCUT2D eigenvalue weighted by molar-refractivity contribution is -0.382. The summed E-state index contributed by atoms with van der Waals surface area (Å²) < 4.78 is 142. The van der Waals surface area contributed by atoms with Gasteiger partial charge in [-0.05, 0) is 24.3 Å². The molecule has 0 saturated heterocycles. The molecule has 12 heteroatoms. The monoisotopic (exact) mass is 454 g/mol. The fourth-order valence-corrected chi connectivity index (χ4v) is 5.12. The van der Waals surface area contributed by atoms with Crippen molar-refractivity contribution in [2.75, 3.05) is 0 Å². The summed E-state index contributed by atoms with van der Waals surface area (Å²) in [6.07, 6.45) is -5.21. The first-order valence-electron chi connectivity index (χ1n) is 8.24. The molecule has 29 heavy (non-hydrogen) atoms. The zero-order chi connectivity index (χ0) is 22.3. The van der Waals surface area contributed by atoms with Crippen LogP contribution in [0.1, 0.15) is 24.8 Å². The Morgan fingerprint density at radius 3 is 1.90 bits per heavy atom. The molecule has 2 atom stereocenters. The van der Waals surface area contributed by atoms with Gasteiger partial charge in [-0.2, -0.15) is 39.5 Å². The fraction of sp³-hybridized carbons (Fsp3) is 0.529. The summed E-state index contributed by atoms with van der Waals surface area (Å²) >= 11 is 0. The number of sulfone groups is 1. The van der Waals surface area contributed by atoms with Crippen LogP contribution in [-0.4, -0.2) is 36.9 Å². The van der Waals surface area contributed by atoms with Crippen molar-refractivity contribution in [3.8, 4) is 0 Å². The first-order valence-corrected chi connectivity index (χ1v) is 9.79. The van der Waals surface area contributed by atoms with Crippen molar-refractivity contribution >= 4 is 15.9 Å². The van der Waals surface area contributed by atoms with Gasteiger partial charge in [0.15, 0.2) is 0 Å². The largest absolute Gasteiger partial charge is 0.460 e. The minimum atomic E-state index is -7.25. The highest BCUT2D eigenvalue weighted by Crippen LogP contribution is 2.56. The van der Waals surface area contributed by atoms with Crippen LogP contribution < -0.4 is 0 Å². The molecule has 1 saturated carbocycles. The number of alkyl halides is 9. The molecule has 0 aromatic heterocycles. The molecule has 1 aliphatic carbocycles. The molecule has 0 aliphatic heterocycles. The van der Waals surface area contributed by atoms with Crippen LogP contribution in [0.2, 0.25) is 0 Å². The molecule has 2 nitrogen and oxygen atoms in total. The SMILES string of the molecule is O=S(=O)(C1CCC[C@H]1/C=C/c1ccccc1)C(F)(F)C(F)(F)C(F)(F)C(F)(F)F. The Hall–Kier alpha value is -1.72. The fourth-order valence-electron chi connectivity index (χ4n) is 3.09. The van der Waals surface area contributed by atoms with E-state index in [9.17, 15) is 47.9 Å². The van der Waals surface area contributed by atoms with Crippen LogP contribution in [-0.2, 0) is 9.84 Å². The summed E-state index contributed by atoms with van der Waals surface area (Å²) in [7, 11) is -6.41. The van der Waals surface area contributed by atoms with E-state index < -0.39 is 50.7 Å². The lowest BCUT2D eigenvalue weighted by Crippen LogP contribution is -2.64. The molecule has 0 spiro atoms. The Bertz CT molecular complexity index is 845. The van der Waals surface area contributed by atoms with E-state index in [1.807, 2.05) is 0 Å². The maximum absolute atomic E-state index is 14.1. The van der Waals surface area contributed by atoms with Crippen molar-refractivity contribution in [2.24, 2.45) is 5.92 Å². The van der Waals surface area contributed by atoms with Crippen LogP contribution in [0.25, 0.3) is 6.08 Å². The van der Waals surface area contributed by atoms with Crippen LogP contribution in [0.4, 0.5) is 39.5 Å². The van der Waals surface area contributed by atoms with Gasteiger partial charge in [-0.1, -0.05) is 48.9 Å². The summed E-state index contributed by atoms with van der Waals surface area (Å²) in [4.78, 5) is 0. The molecular weight excluding hydrogens is 439 g/mol. The first-order chi connectivity index (χ1) is 13.1. The molecule has 0 heterocycles. The molecular formula is C17H15F9O2S. The Morgan fingerprint density at radius 1 is 0.828 bits per heavy atom. The zero-order valence-corrected chi connectivity index (χ0v) is 15.3. The smallest absolute Gasteiger partial charge is 0.222 e. The second kappa shape index (κ2) is 7.51. The summed E-state index contributed by atoms with van der Waals surface area (Å²) in [6.45, 7) is 0. The van der Waals surface area contributed by atoms with E-state index in [1.54, 1.807) is 30.3 Å². The van der Waals surface area contributed by atoms with Gasteiger partial charge in [-0.15, -0.1) is 0 Å². The van der Waals surface area contributed by atoms with Crippen molar-refractivity contribution < 1.29 is 47.9 Å². The Balaban J connectivity index is 2.40. The summed E-state index contributed by atoms with van der Waals surface area (Å²) in [5.74, 6) is -15.7. The van der Waals surface area contributed by atoms with Crippen molar-refractivity contribution in [3.63, 3.8) is 0 Å². The van der Waals surface area contributed by atoms with E-state index in [0.29, 0.717) is 5.56 Å². The van der Waals surface area contributed by atoms with Crippen LogP contribution in [0.15, 0.2) is 36.4 Å². The van der Waals surface area contributed by atoms with E-state index >= 15 is 0 Å². The highest BCUT2D eigenvalue weighted by Gasteiger charge is 2.85. The summed E-state index contributed by atoms with van der Waals surface area (Å²) in [6, 6.07) is 8.01. The molecule has 0 amide bonds. The van der Waals surface area contributed by atoms with E-state index in [0.717, 1.165) is 6.08 Å². The standard InChI is InChI=1S/C17H15F9O2S/c18-14(19,16(22,23)24)15(20,21)17(25,26)29(27,28)13-8-4-7-12(13)10-9-11-5-2-1-3-6-11/h1-3,5-6,9-10,12-13H,4,7-8H2/b10-9+/t12-,13?/m0/s1. The molecule has 1 aromatic rings. The van der Waals surface area contributed by atoms with Gasteiger partial charge in [0.05, 0.1) is 5.25 Å². The lowest BCUT2D eigenvalue weighted by Gasteiger charge is -2.35. The average molecular weight is 454 g/mol. The van der Waals surface area contributed by atoms with Gasteiger partial charge in [0, 0.05) is 0 Å². The van der Waals surface area contributed by atoms with Gasteiger partial charge in [-0.25, -0.2) is 8.42 Å². The maximum atomic E-state index is 14.1. The molecule has 0 radical (unpaired) electrons. The Kier molecular flexibility index (Phi) is 6.10. The molecule has 1 fully saturated rings. The van der Waals surface area contributed by atoms with Crippen LogP contribution in [0, 0.1) is 5.92 Å². The van der Waals surface area contributed by atoms with Crippen molar-refractivity contribution in [2.45, 2.75) is 47.8 Å². The quantitative estimate of drug-likeness (QED) is 0.516. The molecule has 1 aliphatic rings. The lowest BCUT2D eigenvalue weighted by atomic mass is 10.1. The van der Waals surface area contributed by atoms with E-state index in [4.69, 9.17) is 0 Å². The zero-order valence-electron chi connectivity index (χ0n) is 14.4. The van der Waals surface area contributed by atoms with Gasteiger partial charge >= 0.3 is 23.3 Å². The third-order valence-corrected chi connectivity index (χ3v) is 7.06. The summed E-state index contributed by atoms with van der Waals surface area (Å²) in [5, 5.41) is -8.86. The number of allylic oxidation sites excluding steroid dienone is 1. The number of hydrogen-bond acceptors (Lipinski definition) is 2. The molecule has 164 valence electrons. The number of benzene rings is 1. The molecule has 2 rings (SSSR count). The third kappa shape index (κ3) is 3.87. The van der Waals surface area contributed by atoms with Crippen molar-refractivity contribution in [1.29, 1.82) is 0 Å². The highest BCUT2D eigenvalue weighted by molar-refractivity contribution is 7.93. The van der Waals surface area contributed by atoms with Gasteiger partial charge in [0.1, 0.15) is 0 Å². The van der Waals surface area contributed by atoms with Gasteiger partial charge in [0.25, 0.3) is 0 Å². The minimum Gasteiger partial charge on any atom is -0.222 e. The van der Waals surface area contributed by atoms with Crippen LogP contribution in [0.5, 0.6) is 0 Å². The topological polar surface area (TPSA) is 34.1 Å². The van der Waals surface area contributed by atoms with E-state index in [-0.39, 0.29) is 12.8 Å². The Morgan fingerprint density at radius 2 is 1.38 bits per heavy atom. The van der Waals surface area contributed by atoms with Crippen molar-refractivity contribution in [1.82, 2.24) is 0 Å². The average Bonchev–Trinajstić information content (AvgIpc) is 3.08. The molecule has 1 unspecified atom stereocenters. The third-order valence-electron chi connectivity index (χ3n) is 4.71. The summed E-state index contributed by atoms with van der Waals surface area (Å²) in [5.41, 5.74) is 0.524. The number of halogens is 9. The minimum absolute atomic E-state index is 0.00892. The predicted octanol–water partition coefficient (Wildman–Crippen LogP) is 5.71. The van der Waals surface area contributed by atoms with E-state index in [2.05, 4.69) is 0 Å². The molecule has 1 aromatic carbocycles. The number of hydrogen-bond donors (Lipinski definition) is 0. The Labute approximate surface area is 160 Å². The maximum Gasteiger partial charge on any atom is 0.460 e. The molecule has 0 N–H and O–H groups in total. The van der Waals surface area contributed by atoms with Gasteiger partial charge in [0.2, 0.25) is 9.84 Å². The highest BCUT2D eigenvalue weighted by atomic mass is 32.2. The van der Waals surface area contributed by atoms with Crippen LogP contribution >= 0.6 is 0 Å². The van der Waals surface area contributed by atoms with Gasteiger partial charge < -0.3 is 0 Å². The predicted molar refractivity (Wildman–Crippen MR) is 86.4 cm³/mol.